The van der Waals surface area contributed by atoms with Crippen LogP contribution in [0.2, 0.25) is 5.02 Å². The summed E-state index contributed by atoms with van der Waals surface area (Å²) in [6, 6.07) is 2.58. The summed E-state index contributed by atoms with van der Waals surface area (Å²) in [5.74, 6) is -3.54. The van der Waals surface area contributed by atoms with Crippen molar-refractivity contribution in [1.29, 1.82) is 0 Å². The van der Waals surface area contributed by atoms with Crippen LogP contribution in [0.1, 0.15) is 27.8 Å². The first-order chi connectivity index (χ1) is 10.4. The normalized spacial score (nSPS) is 10.4. The molecule has 1 aromatic carbocycles. The van der Waals surface area contributed by atoms with Gasteiger partial charge in [0.2, 0.25) is 0 Å². The largest absolute Gasteiger partial charge is 0.461 e. The van der Waals surface area contributed by atoms with Crippen molar-refractivity contribution in [3.63, 3.8) is 0 Å². The highest BCUT2D eigenvalue weighted by Crippen LogP contribution is 2.20. The van der Waals surface area contributed by atoms with Gasteiger partial charge in [-0.05, 0) is 19.1 Å². The molecule has 0 saturated heterocycles. The van der Waals surface area contributed by atoms with Crippen LogP contribution in [0.5, 0.6) is 0 Å². The van der Waals surface area contributed by atoms with Crippen LogP contribution in [0.15, 0.2) is 18.2 Å². The fourth-order valence-electron chi connectivity index (χ4n) is 1.58. The second kappa shape index (κ2) is 6.52. The molecule has 0 aliphatic heterocycles. The Balaban J connectivity index is 2.16. The zero-order chi connectivity index (χ0) is 16.3. The van der Waals surface area contributed by atoms with E-state index in [0.717, 1.165) is 0 Å². The molecule has 116 valence electrons. The van der Waals surface area contributed by atoms with Crippen molar-refractivity contribution in [3.05, 3.63) is 46.1 Å². The molecule has 0 fully saturated rings. The number of esters is 1. The molecular weight excluding hydrogens is 320 g/mol. The van der Waals surface area contributed by atoms with Crippen LogP contribution >= 0.6 is 11.6 Å². The van der Waals surface area contributed by atoms with Gasteiger partial charge in [0.1, 0.15) is 17.3 Å². The Morgan fingerprint density at radius 1 is 1.32 bits per heavy atom. The zero-order valence-corrected chi connectivity index (χ0v) is 12.0. The van der Waals surface area contributed by atoms with Gasteiger partial charge in [0, 0.05) is 6.07 Å². The van der Waals surface area contributed by atoms with Gasteiger partial charge < -0.3 is 10.1 Å². The summed E-state index contributed by atoms with van der Waals surface area (Å²) in [6.45, 7) is 1.81. The molecule has 9 heteroatoms. The number of anilines is 1. The Morgan fingerprint density at radius 3 is 2.73 bits per heavy atom. The summed E-state index contributed by atoms with van der Waals surface area (Å²) < 4.78 is 31.6. The first-order valence-electron chi connectivity index (χ1n) is 6.10. The molecule has 0 bridgehead atoms. The highest BCUT2D eigenvalue weighted by atomic mass is 35.5. The maximum Gasteiger partial charge on any atom is 0.356 e. The van der Waals surface area contributed by atoms with E-state index in [2.05, 4.69) is 15.5 Å². The number of nitrogens with zero attached hydrogens (tertiary/aromatic N) is 1. The first-order valence-corrected chi connectivity index (χ1v) is 6.48. The lowest BCUT2D eigenvalue weighted by Crippen LogP contribution is -2.14. The molecule has 2 rings (SSSR count). The van der Waals surface area contributed by atoms with Crippen LogP contribution in [0.3, 0.4) is 0 Å². The number of benzene rings is 1. The molecule has 1 aromatic heterocycles. The third kappa shape index (κ3) is 3.40. The van der Waals surface area contributed by atoms with E-state index in [9.17, 15) is 18.4 Å². The lowest BCUT2D eigenvalue weighted by molar-refractivity contribution is 0.0519. The van der Waals surface area contributed by atoms with E-state index in [1.165, 1.54) is 6.07 Å². The number of H-pyrrole nitrogens is 1. The molecule has 22 heavy (non-hydrogen) atoms. The Morgan fingerprint density at radius 2 is 2.05 bits per heavy atom. The van der Waals surface area contributed by atoms with E-state index in [4.69, 9.17) is 16.3 Å². The molecular formula is C13H10ClF2N3O3. The van der Waals surface area contributed by atoms with Crippen molar-refractivity contribution < 1.29 is 23.1 Å². The summed E-state index contributed by atoms with van der Waals surface area (Å²) in [5.41, 5.74) is -0.525. The minimum absolute atomic E-state index is 0.0138. The number of rotatable bonds is 4. The summed E-state index contributed by atoms with van der Waals surface area (Å²) in [6.07, 6.45) is 0. The number of ether oxygens (including phenoxy) is 1. The molecule has 0 saturated carbocycles. The molecule has 0 unspecified atom stereocenters. The van der Waals surface area contributed by atoms with E-state index in [1.54, 1.807) is 6.92 Å². The van der Waals surface area contributed by atoms with E-state index < -0.39 is 34.1 Å². The quantitative estimate of drug-likeness (QED) is 0.667. The van der Waals surface area contributed by atoms with E-state index >= 15 is 0 Å². The second-order valence-corrected chi connectivity index (χ2v) is 4.49. The van der Waals surface area contributed by atoms with E-state index in [0.29, 0.717) is 12.1 Å². The average Bonchev–Trinajstić information content (AvgIpc) is 2.91. The molecule has 0 atom stereocenters. The highest BCUT2D eigenvalue weighted by Gasteiger charge is 2.18. The van der Waals surface area contributed by atoms with Gasteiger partial charge in [-0.15, -0.1) is 0 Å². The van der Waals surface area contributed by atoms with Gasteiger partial charge in [-0.1, -0.05) is 11.6 Å². The Hall–Kier alpha value is -2.48. The minimum atomic E-state index is -0.981. The number of hydrogen-bond donors (Lipinski definition) is 2. The van der Waals surface area contributed by atoms with E-state index in [-0.39, 0.29) is 18.1 Å². The fourth-order valence-corrected chi connectivity index (χ4v) is 1.73. The Kier molecular flexibility index (Phi) is 4.71. The molecule has 0 radical (unpaired) electrons. The Bertz CT molecular complexity index is 733. The standard InChI is InChI=1S/C13H10ClF2N3O3/c1-2-22-13(21)10-5-11(19-18-10)17-12(20)6-3-9(16)7(14)4-8(6)15/h3-5H,2H2,1H3,(H2,17,18,19,20). The molecule has 1 heterocycles. The molecule has 2 aromatic rings. The number of aromatic nitrogens is 2. The Labute approximate surface area is 128 Å². The maximum absolute atomic E-state index is 13.6. The average molecular weight is 330 g/mol. The molecule has 1 amide bonds. The number of hydrogen-bond acceptors (Lipinski definition) is 4. The second-order valence-electron chi connectivity index (χ2n) is 4.09. The molecule has 0 spiro atoms. The monoisotopic (exact) mass is 329 g/mol. The molecule has 2 N–H and O–H groups in total. The SMILES string of the molecule is CCOC(=O)c1cc(NC(=O)c2cc(F)c(Cl)cc2F)n[nH]1. The highest BCUT2D eigenvalue weighted by molar-refractivity contribution is 6.30. The lowest BCUT2D eigenvalue weighted by Gasteiger charge is -2.04. The third-order valence-corrected chi connectivity index (χ3v) is 2.86. The minimum Gasteiger partial charge on any atom is -0.461 e. The van der Waals surface area contributed by atoms with Crippen molar-refractivity contribution in [2.75, 3.05) is 11.9 Å². The van der Waals surface area contributed by atoms with Crippen molar-refractivity contribution in [2.24, 2.45) is 0 Å². The molecule has 0 aliphatic carbocycles. The first kappa shape index (κ1) is 15.9. The van der Waals surface area contributed by atoms with Gasteiger partial charge in [0.15, 0.2) is 5.82 Å². The number of aromatic amines is 1. The fraction of sp³-hybridized carbons (Fsp3) is 0.154. The molecule has 6 nitrogen and oxygen atoms in total. The predicted molar refractivity (Wildman–Crippen MR) is 73.9 cm³/mol. The lowest BCUT2D eigenvalue weighted by atomic mass is 10.2. The van der Waals surface area contributed by atoms with E-state index in [1.807, 2.05) is 0 Å². The van der Waals surface area contributed by atoms with Crippen LogP contribution in [-0.2, 0) is 4.74 Å². The number of carbonyl (C=O) groups is 2. The summed E-state index contributed by atoms with van der Waals surface area (Å²) in [4.78, 5) is 23.3. The summed E-state index contributed by atoms with van der Waals surface area (Å²) in [7, 11) is 0. The van der Waals surface area contributed by atoms with Gasteiger partial charge in [-0.3, -0.25) is 9.89 Å². The van der Waals surface area contributed by atoms with Crippen LogP contribution < -0.4 is 5.32 Å². The number of carbonyl (C=O) groups excluding carboxylic acids is 2. The number of nitrogens with one attached hydrogen (secondary N) is 2. The van der Waals surface area contributed by atoms with Gasteiger partial charge in [0.05, 0.1) is 17.2 Å². The van der Waals surface area contributed by atoms with Crippen molar-refractivity contribution >= 4 is 29.3 Å². The van der Waals surface area contributed by atoms with Crippen molar-refractivity contribution in [2.45, 2.75) is 6.92 Å². The van der Waals surface area contributed by atoms with Crippen LogP contribution in [0, 0.1) is 11.6 Å². The topological polar surface area (TPSA) is 84.1 Å². The van der Waals surface area contributed by atoms with Crippen molar-refractivity contribution in [3.8, 4) is 0 Å². The predicted octanol–water partition coefficient (Wildman–Crippen LogP) is 2.77. The van der Waals surface area contributed by atoms with Crippen LogP contribution in [0.25, 0.3) is 0 Å². The van der Waals surface area contributed by atoms with Gasteiger partial charge in [0.25, 0.3) is 5.91 Å². The van der Waals surface area contributed by atoms with Crippen molar-refractivity contribution in [1.82, 2.24) is 10.2 Å². The smallest absolute Gasteiger partial charge is 0.356 e. The molecule has 0 aliphatic rings. The third-order valence-electron chi connectivity index (χ3n) is 2.57. The maximum atomic E-state index is 13.6. The summed E-state index contributed by atoms with van der Waals surface area (Å²) >= 11 is 5.40. The van der Waals surface area contributed by atoms with Crippen LogP contribution in [0.4, 0.5) is 14.6 Å². The van der Waals surface area contributed by atoms with Crippen LogP contribution in [-0.4, -0.2) is 28.7 Å². The van der Waals surface area contributed by atoms with Gasteiger partial charge in [-0.2, -0.15) is 5.10 Å². The number of amides is 1. The number of halogens is 3. The summed E-state index contributed by atoms with van der Waals surface area (Å²) in [5, 5.41) is 7.80. The van der Waals surface area contributed by atoms with Gasteiger partial charge >= 0.3 is 5.97 Å². The van der Waals surface area contributed by atoms with Gasteiger partial charge in [-0.25, -0.2) is 13.6 Å². The zero-order valence-electron chi connectivity index (χ0n) is 11.2.